The minimum Gasteiger partial charge on any atom is -0.508 e. The number of hydrogen-bond donors (Lipinski definition) is 2. The second-order valence-corrected chi connectivity index (χ2v) is 6.28. The Kier molecular flexibility index (Phi) is 5.35. The highest BCUT2D eigenvalue weighted by Crippen LogP contribution is 2.14. The van der Waals surface area contributed by atoms with Gasteiger partial charge in [-0.15, -0.1) is 0 Å². The summed E-state index contributed by atoms with van der Waals surface area (Å²) in [5, 5.41) is 11.9. The average Bonchev–Trinajstić information content (AvgIpc) is 2.33. The van der Waals surface area contributed by atoms with Crippen molar-refractivity contribution in [3.8, 4) is 5.75 Å². The van der Waals surface area contributed by atoms with Gasteiger partial charge in [-0.1, -0.05) is 13.8 Å². The number of benzene rings is 1. The molecule has 1 atom stereocenters. The Labute approximate surface area is 125 Å². The van der Waals surface area contributed by atoms with E-state index in [1.807, 2.05) is 13.8 Å². The maximum Gasteiger partial charge on any atom is 0.329 e. The number of amides is 1. The standard InChI is InChI=1S/C16H23NO4/c1-10(2)13(15(20)21-16(3,4)5)17-14(19)11-6-8-12(18)9-7-11/h6-10,13,18H,1-5H3,(H,17,19)/t13-/m0/s1. The van der Waals surface area contributed by atoms with E-state index in [4.69, 9.17) is 4.74 Å². The lowest BCUT2D eigenvalue weighted by Crippen LogP contribution is -2.47. The molecule has 5 heteroatoms. The van der Waals surface area contributed by atoms with Crippen LogP contribution in [0.1, 0.15) is 45.0 Å². The van der Waals surface area contributed by atoms with Crippen LogP contribution >= 0.6 is 0 Å². The molecule has 0 aliphatic heterocycles. The summed E-state index contributed by atoms with van der Waals surface area (Å²) in [4.78, 5) is 24.3. The normalized spacial score (nSPS) is 12.9. The molecule has 0 heterocycles. The number of phenolic OH excluding ortho intramolecular Hbond substituents is 1. The van der Waals surface area contributed by atoms with E-state index in [1.54, 1.807) is 20.8 Å². The molecule has 0 fully saturated rings. The van der Waals surface area contributed by atoms with Gasteiger partial charge in [0.05, 0.1) is 0 Å². The number of rotatable bonds is 4. The first-order valence-corrected chi connectivity index (χ1v) is 6.93. The van der Waals surface area contributed by atoms with Gasteiger partial charge < -0.3 is 15.2 Å². The fourth-order valence-electron chi connectivity index (χ4n) is 1.70. The lowest BCUT2D eigenvalue weighted by Gasteiger charge is -2.26. The fourth-order valence-corrected chi connectivity index (χ4v) is 1.70. The van der Waals surface area contributed by atoms with E-state index in [0.29, 0.717) is 5.56 Å². The van der Waals surface area contributed by atoms with Crippen molar-refractivity contribution < 1.29 is 19.4 Å². The molecule has 0 aliphatic rings. The van der Waals surface area contributed by atoms with Crippen molar-refractivity contribution in [2.45, 2.75) is 46.3 Å². The van der Waals surface area contributed by atoms with E-state index >= 15 is 0 Å². The van der Waals surface area contributed by atoms with Crippen molar-refractivity contribution in [2.75, 3.05) is 0 Å². The molecule has 2 N–H and O–H groups in total. The van der Waals surface area contributed by atoms with Crippen molar-refractivity contribution in [2.24, 2.45) is 5.92 Å². The minimum atomic E-state index is -0.717. The van der Waals surface area contributed by atoms with Crippen LogP contribution in [0.2, 0.25) is 0 Å². The number of carbonyl (C=O) groups excluding carboxylic acids is 2. The van der Waals surface area contributed by atoms with E-state index in [1.165, 1.54) is 24.3 Å². The number of esters is 1. The van der Waals surface area contributed by atoms with Crippen molar-refractivity contribution in [3.63, 3.8) is 0 Å². The molecule has 116 valence electrons. The molecule has 21 heavy (non-hydrogen) atoms. The number of carbonyl (C=O) groups is 2. The molecule has 0 spiro atoms. The maximum absolute atomic E-state index is 12.1. The zero-order valence-electron chi connectivity index (χ0n) is 13.1. The monoisotopic (exact) mass is 293 g/mol. The van der Waals surface area contributed by atoms with Gasteiger partial charge in [0.1, 0.15) is 17.4 Å². The summed E-state index contributed by atoms with van der Waals surface area (Å²) < 4.78 is 5.32. The molecule has 5 nitrogen and oxygen atoms in total. The Morgan fingerprint density at radius 1 is 1.14 bits per heavy atom. The molecule has 0 saturated carbocycles. The Morgan fingerprint density at radius 2 is 1.67 bits per heavy atom. The van der Waals surface area contributed by atoms with E-state index in [2.05, 4.69) is 5.32 Å². The summed E-state index contributed by atoms with van der Waals surface area (Å²) in [6, 6.07) is 5.12. The van der Waals surface area contributed by atoms with Crippen molar-refractivity contribution in [1.82, 2.24) is 5.32 Å². The van der Waals surface area contributed by atoms with Gasteiger partial charge in [0.25, 0.3) is 5.91 Å². The first kappa shape index (κ1) is 17.0. The smallest absolute Gasteiger partial charge is 0.329 e. The van der Waals surface area contributed by atoms with E-state index in [-0.39, 0.29) is 17.6 Å². The lowest BCUT2D eigenvalue weighted by atomic mass is 10.0. The van der Waals surface area contributed by atoms with Crippen molar-refractivity contribution in [1.29, 1.82) is 0 Å². The van der Waals surface area contributed by atoms with Crippen molar-refractivity contribution >= 4 is 11.9 Å². The van der Waals surface area contributed by atoms with Crippen LogP contribution in [0.25, 0.3) is 0 Å². The Hall–Kier alpha value is -2.04. The zero-order chi connectivity index (χ0) is 16.2. The molecule has 1 aromatic carbocycles. The van der Waals surface area contributed by atoms with Crippen LogP contribution in [0.5, 0.6) is 5.75 Å². The van der Waals surface area contributed by atoms with Gasteiger partial charge in [-0.2, -0.15) is 0 Å². The largest absolute Gasteiger partial charge is 0.508 e. The Balaban J connectivity index is 2.81. The minimum absolute atomic E-state index is 0.0825. The van der Waals surface area contributed by atoms with Gasteiger partial charge in [0, 0.05) is 5.56 Å². The predicted octanol–water partition coefficient (Wildman–Crippen LogP) is 2.49. The van der Waals surface area contributed by atoms with Gasteiger partial charge in [-0.25, -0.2) is 4.79 Å². The van der Waals surface area contributed by atoms with Crippen LogP contribution in [0.4, 0.5) is 0 Å². The van der Waals surface area contributed by atoms with E-state index in [9.17, 15) is 14.7 Å². The molecule has 0 saturated heterocycles. The highest BCUT2D eigenvalue weighted by atomic mass is 16.6. The highest BCUT2D eigenvalue weighted by molar-refractivity contribution is 5.96. The van der Waals surface area contributed by atoms with E-state index in [0.717, 1.165) is 0 Å². The van der Waals surface area contributed by atoms with Crippen LogP contribution in [-0.4, -0.2) is 28.6 Å². The van der Waals surface area contributed by atoms with Crippen LogP contribution < -0.4 is 5.32 Å². The van der Waals surface area contributed by atoms with Gasteiger partial charge in [0.2, 0.25) is 0 Å². The summed E-state index contributed by atoms with van der Waals surface area (Å²) in [5.74, 6) is -0.843. The predicted molar refractivity (Wildman–Crippen MR) is 80.0 cm³/mol. The Morgan fingerprint density at radius 3 is 2.10 bits per heavy atom. The summed E-state index contributed by atoms with van der Waals surface area (Å²) in [7, 11) is 0. The molecule has 1 aromatic rings. The zero-order valence-corrected chi connectivity index (χ0v) is 13.1. The van der Waals surface area contributed by atoms with Gasteiger partial charge in [0.15, 0.2) is 0 Å². The molecule has 0 unspecified atom stereocenters. The second kappa shape index (κ2) is 6.61. The van der Waals surface area contributed by atoms with E-state index < -0.39 is 17.6 Å². The quantitative estimate of drug-likeness (QED) is 0.836. The third-order valence-electron chi connectivity index (χ3n) is 2.74. The number of aromatic hydroxyl groups is 1. The van der Waals surface area contributed by atoms with Gasteiger partial charge in [-0.3, -0.25) is 4.79 Å². The number of phenols is 1. The molecule has 0 aromatic heterocycles. The number of ether oxygens (including phenoxy) is 1. The molecular weight excluding hydrogens is 270 g/mol. The number of hydrogen-bond acceptors (Lipinski definition) is 4. The highest BCUT2D eigenvalue weighted by Gasteiger charge is 2.29. The maximum atomic E-state index is 12.1. The van der Waals surface area contributed by atoms with Crippen LogP contribution in [0.3, 0.4) is 0 Å². The first-order chi connectivity index (χ1) is 9.60. The third kappa shape index (κ3) is 5.45. The average molecular weight is 293 g/mol. The molecule has 1 amide bonds. The molecular formula is C16H23NO4. The van der Waals surface area contributed by atoms with Gasteiger partial charge in [-0.05, 0) is 51.0 Å². The summed E-state index contributed by atoms with van der Waals surface area (Å²) >= 11 is 0. The lowest BCUT2D eigenvalue weighted by molar-refractivity contribution is -0.158. The van der Waals surface area contributed by atoms with Crippen LogP contribution in [0.15, 0.2) is 24.3 Å². The molecule has 1 rings (SSSR count). The first-order valence-electron chi connectivity index (χ1n) is 6.93. The summed E-state index contributed by atoms with van der Waals surface area (Å²) in [5.41, 5.74) is -0.227. The summed E-state index contributed by atoms with van der Waals surface area (Å²) in [6.45, 7) is 9.02. The second-order valence-electron chi connectivity index (χ2n) is 6.28. The molecule has 0 aliphatic carbocycles. The number of nitrogens with one attached hydrogen (secondary N) is 1. The van der Waals surface area contributed by atoms with Crippen LogP contribution in [-0.2, 0) is 9.53 Å². The van der Waals surface area contributed by atoms with Crippen LogP contribution in [0, 0.1) is 5.92 Å². The SMILES string of the molecule is CC(C)[C@H](NC(=O)c1ccc(O)cc1)C(=O)OC(C)(C)C. The fraction of sp³-hybridized carbons (Fsp3) is 0.500. The summed E-state index contributed by atoms with van der Waals surface area (Å²) in [6.07, 6.45) is 0. The Bertz CT molecular complexity index is 500. The van der Waals surface area contributed by atoms with Gasteiger partial charge >= 0.3 is 5.97 Å². The third-order valence-corrected chi connectivity index (χ3v) is 2.74. The molecule has 0 bridgehead atoms. The molecule has 0 radical (unpaired) electrons. The van der Waals surface area contributed by atoms with Crippen molar-refractivity contribution in [3.05, 3.63) is 29.8 Å². The topological polar surface area (TPSA) is 75.6 Å².